The molecule has 1 aliphatic heterocycles. The molecule has 1 heterocycles. The zero-order chi connectivity index (χ0) is 15.2. The standard InChI is InChI=1S/C11H19NO5.C2H6/c1-11(2,3)17-10(15)12-6-5-7(13)8(12)9(14)16-4;1-2/h7-8,13H,5-6H2,1-4H3;1-2H3/t7-,8-;/m0./s1. The van der Waals surface area contributed by atoms with E-state index in [1.54, 1.807) is 20.8 Å². The number of ether oxygens (including phenoxy) is 2. The van der Waals surface area contributed by atoms with Gasteiger partial charge in [0.2, 0.25) is 0 Å². The number of methoxy groups -OCH3 is 1. The maximum absolute atomic E-state index is 11.8. The van der Waals surface area contributed by atoms with Crippen molar-refractivity contribution in [2.75, 3.05) is 13.7 Å². The van der Waals surface area contributed by atoms with Crippen molar-refractivity contribution >= 4 is 12.1 Å². The van der Waals surface area contributed by atoms with Crippen LogP contribution in [0.4, 0.5) is 4.79 Å². The van der Waals surface area contributed by atoms with Gasteiger partial charge in [-0.15, -0.1) is 0 Å². The average Bonchev–Trinajstić information content (AvgIpc) is 2.71. The van der Waals surface area contributed by atoms with Crippen molar-refractivity contribution < 1.29 is 24.2 Å². The van der Waals surface area contributed by atoms with Crippen LogP contribution in [0.25, 0.3) is 0 Å². The van der Waals surface area contributed by atoms with E-state index in [0.717, 1.165) is 0 Å². The lowest BCUT2D eigenvalue weighted by atomic mass is 10.2. The van der Waals surface area contributed by atoms with Crippen molar-refractivity contribution in [1.82, 2.24) is 4.90 Å². The monoisotopic (exact) mass is 275 g/mol. The molecule has 1 rings (SSSR count). The topological polar surface area (TPSA) is 76.1 Å². The van der Waals surface area contributed by atoms with Crippen molar-refractivity contribution in [3.05, 3.63) is 0 Å². The third kappa shape index (κ3) is 5.06. The lowest BCUT2D eigenvalue weighted by Crippen LogP contribution is -2.47. The Bertz CT molecular complexity index is 311. The van der Waals surface area contributed by atoms with Gasteiger partial charge >= 0.3 is 12.1 Å². The molecule has 6 heteroatoms. The van der Waals surface area contributed by atoms with Gasteiger partial charge in [-0.2, -0.15) is 0 Å². The number of hydrogen-bond donors (Lipinski definition) is 1. The summed E-state index contributed by atoms with van der Waals surface area (Å²) in [5.74, 6) is -0.624. The van der Waals surface area contributed by atoms with Gasteiger partial charge in [-0.25, -0.2) is 9.59 Å². The van der Waals surface area contributed by atoms with Crippen molar-refractivity contribution in [3.8, 4) is 0 Å². The first-order chi connectivity index (χ1) is 8.76. The molecule has 0 unspecified atom stereocenters. The maximum atomic E-state index is 11.8. The van der Waals surface area contributed by atoms with Crippen molar-refractivity contribution in [1.29, 1.82) is 0 Å². The number of aliphatic hydroxyl groups is 1. The molecule has 0 aromatic rings. The molecule has 1 fully saturated rings. The van der Waals surface area contributed by atoms with Crippen LogP contribution in [0, 0.1) is 0 Å². The molecule has 2 atom stereocenters. The first kappa shape index (κ1) is 17.7. The van der Waals surface area contributed by atoms with E-state index < -0.39 is 29.8 Å². The van der Waals surface area contributed by atoms with Crippen LogP contribution in [0.3, 0.4) is 0 Å². The molecule has 1 N–H and O–H groups in total. The SMILES string of the molecule is CC.COC(=O)[C@@H]1[C@@H](O)CCN1C(=O)OC(C)(C)C. The van der Waals surface area contributed by atoms with Crippen LogP contribution in [-0.2, 0) is 14.3 Å². The summed E-state index contributed by atoms with van der Waals surface area (Å²) in [5, 5.41) is 9.66. The van der Waals surface area contributed by atoms with E-state index in [-0.39, 0.29) is 6.54 Å². The lowest BCUT2D eigenvalue weighted by molar-refractivity contribution is -0.148. The van der Waals surface area contributed by atoms with Gasteiger partial charge in [-0.1, -0.05) is 13.8 Å². The second-order valence-electron chi connectivity index (χ2n) is 5.00. The number of rotatable bonds is 1. The fraction of sp³-hybridized carbons (Fsp3) is 0.846. The van der Waals surface area contributed by atoms with Gasteiger partial charge in [0.1, 0.15) is 5.60 Å². The molecular weight excluding hydrogens is 250 g/mol. The normalized spacial score (nSPS) is 22.4. The highest BCUT2D eigenvalue weighted by Crippen LogP contribution is 2.22. The van der Waals surface area contributed by atoms with Gasteiger partial charge in [0.05, 0.1) is 13.2 Å². The van der Waals surface area contributed by atoms with Crippen LogP contribution in [0.5, 0.6) is 0 Å². The van der Waals surface area contributed by atoms with E-state index in [1.165, 1.54) is 12.0 Å². The lowest BCUT2D eigenvalue weighted by Gasteiger charge is -2.27. The van der Waals surface area contributed by atoms with Gasteiger partial charge in [-0.3, -0.25) is 4.90 Å². The molecule has 0 aliphatic carbocycles. The molecule has 19 heavy (non-hydrogen) atoms. The second kappa shape index (κ2) is 7.33. The van der Waals surface area contributed by atoms with Crippen molar-refractivity contribution in [2.24, 2.45) is 0 Å². The van der Waals surface area contributed by atoms with Gasteiger partial charge in [0.15, 0.2) is 6.04 Å². The Hall–Kier alpha value is -1.30. The minimum atomic E-state index is -0.963. The molecule has 1 saturated heterocycles. The first-order valence-electron chi connectivity index (χ1n) is 6.52. The largest absolute Gasteiger partial charge is 0.467 e. The number of hydrogen-bond acceptors (Lipinski definition) is 5. The van der Waals surface area contributed by atoms with Gasteiger partial charge in [0, 0.05) is 6.54 Å². The fourth-order valence-electron chi connectivity index (χ4n) is 1.71. The summed E-state index contributed by atoms with van der Waals surface area (Å²) in [5.41, 5.74) is -0.634. The smallest absolute Gasteiger partial charge is 0.411 e. The Labute approximate surface area is 114 Å². The quantitative estimate of drug-likeness (QED) is 0.735. The molecule has 6 nitrogen and oxygen atoms in total. The molecule has 0 bridgehead atoms. The number of likely N-dealkylation sites (tertiary alicyclic amines) is 1. The Morgan fingerprint density at radius 2 is 1.79 bits per heavy atom. The van der Waals surface area contributed by atoms with E-state index in [9.17, 15) is 14.7 Å². The molecule has 0 aromatic carbocycles. The number of nitrogens with zero attached hydrogens (tertiary/aromatic N) is 1. The molecule has 1 aliphatic rings. The van der Waals surface area contributed by atoms with Crippen molar-refractivity contribution in [3.63, 3.8) is 0 Å². The summed E-state index contributed by atoms with van der Waals surface area (Å²) >= 11 is 0. The zero-order valence-electron chi connectivity index (χ0n) is 12.6. The molecule has 112 valence electrons. The highest BCUT2D eigenvalue weighted by molar-refractivity contribution is 5.82. The Morgan fingerprint density at radius 1 is 1.26 bits per heavy atom. The predicted molar refractivity (Wildman–Crippen MR) is 70.7 cm³/mol. The van der Waals surface area contributed by atoms with Crippen LogP contribution >= 0.6 is 0 Å². The summed E-state index contributed by atoms with van der Waals surface area (Å²) in [6.45, 7) is 9.51. The molecular formula is C13H25NO5. The number of carbonyl (C=O) groups is 2. The van der Waals surface area contributed by atoms with E-state index in [1.807, 2.05) is 13.8 Å². The summed E-state index contributed by atoms with van der Waals surface area (Å²) in [4.78, 5) is 24.5. The van der Waals surface area contributed by atoms with Crippen LogP contribution in [0.15, 0.2) is 0 Å². The Balaban J connectivity index is 0.00000154. The summed E-state index contributed by atoms with van der Waals surface area (Å²) in [7, 11) is 1.22. The van der Waals surface area contributed by atoms with E-state index in [2.05, 4.69) is 4.74 Å². The molecule has 1 amide bonds. The number of carbonyl (C=O) groups excluding carboxylic acids is 2. The van der Waals surface area contributed by atoms with E-state index in [0.29, 0.717) is 6.42 Å². The average molecular weight is 275 g/mol. The Morgan fingerprint density at radius 3 is 2.21 bits per heavy atom. The van der Waals surface area contributed by atoms with Crippen LogP contribution in [0.1, 0.15) is 41.0 Å². The summed E-state index contributed by atoms with van der Waals surface area (Å²) in [6, 6.07) is -0.963. The minimum Gasteiger partial charge on any atom is -0.467 e. The summed E-state index contributed by atoms with van der Waals surface area (Å²) in [6.07, 6.45) is -1.15. The minimum absolute atomic E-state index is 0.288. The van der Waals surface area contributed by atoms with Crippen LogP contribution in [0.2, 0.25) is 0 Å². The molecule has 0 radical (unpaired) electrons. The summed E-state index contributed by atoms with van der Waals surface area (Å²) < 4.78 is 9.73. The van der Waals surface area contributed by atoms with Crippen LogP contribution in [-0.4, -0.2) is 53.5 Å². The van der Waals surface area contributed by atoms with Gasteiger partial charge in [0.25, 0.3) is 0 Å². The number of amides is 1. The highest BCUT2D eigenvalue weighted by Gasteiger charge is 2.43. The molecule has 0 spiro atoms. The van der Waals surface area contributed by atoms with Crippen LogP contribution < -0.4 is 0 Å². The highest BCUT2D eigenvalue weighted by atomic mass is 16.6. The molecule has 0 saturated carbocycles. The zero-order valence-corrected chi connectivity index (χ0v) is 12.6. The fourth-order valence-corrected chi connectivity index (χ4v) is 1.71. The van der Waals surface area contributed by atoms with Crippen molar-refractivity contribution in [2.45, 2.75) is 58.8 Å². The van der Waals surface area contributed by atoms with E-state index >= 15 is 0 Å². The van der Waals surface area contributed by atoms with Gasteiger partial charge < -0.3 is 14.6 Å². The number of esters is 1. The van der Waals surface area contributed by atoms with E-state index in [4.69, 9.17) is 4.74 Å². The molecule has 0 aromatic heterocycles. The van der Waals surface area contributed by atoms with Gasteiger partial charge in [-0.05, 0) is 27.2 Å². The second-order valence-corrected chi connectivity index (χ2v) is 5.00. The predicted octanol–water partition coefficient (Wildman–Crippen LogP) is 1.56. The third-order valence-electron chi connectivity index (χ3n) is 2.44. The Kier molecular flexibility index (Phi) is 6.83. The first-order valence-corrected chi connectivity index (χ1v) is 6.52. The maximum Gasteiger partial charge on any atom is 0.411 e. The third-order valence-corrected chi connectivity index (χ3v) is 2.44. The number of aliphatic hydroxyl groups excluding tert-OH is 1.